The van der Waals surface area contributed by atoms with Crippen LogP contribution in [0.1, 0.15) is 43.4 Å². The number of carbonyl (C=O) groups is 2. The van der Waals surface area contributed by atoms with Crippen molar-refractivity contribution in [3.05, 3.63) is 107 Å². The largest absolute Gasteiger partial charge is 0.374 e. The molecular weight excluding hydrogens is 697 g/mol. The number of pyridine rings is 1. The second-order valence-electron chi connectivity index (χ2n) is 13.5. The first-order chi connectivity index (χ1) is 25.5. The van der Waals surface area contributed by atoms with Crippen LogP contribution in [0.3, 0.4) is 0 Å². The Bertz CT molecular complexity index is 1660. The number of carbonyl (C=O) groups excluding carboxylic acids is 2. The van der Waals surface area contributed by atoms with Crippen molar-refractivity contribution in [1.29, 1.82) is 0 Å². The van der Waals surface area contributed by atoms with Gasteiger partial charge < -0.3 is 24.9 Å². The molecular formula is C43H61N6O2S2+. The molecule has 3 rings (SSSR count). The molecule has 0 spiro atoms. The Labute approximate surface area is 327 Å². The van der Waals surface area contributed by atoms with Gasteiger partial charge >= 0.3 is 0 Å². The first-order valence-corrected chi connectivity index (χ1v) is 21.0. The van der Waals surface area contributed by atoms with Crippen molar-refractivity contribution in [2.75, 3.05) is 89.3 Å². The van der Waals surface area contributed by atoms with Gasteiger partial charge in [-0.15, -0.1) is 0 Å². The van der Waals surface area contributed by atoms with Crippen LogP contribution in [0, 0.1) is 5.92 Å². The molecule has 286 valence electrons. The number of hydrogen-bond donors (Lipinski definition) is 1. The molecule has 3 aromatic rings. The molecule has 0 fully saturated rings. The van der Waals surface area contributed by atoms with Crippen LogP contribution in [0.2, 0.25) is 0 Å². The lowest BCUT2D eigenvalue weighted by Crippen LogP contribution is -2.32. The molecule has 0 saturated heterocycles. The minimum atomic E-state index is 0.0816. The van der Waals surface area contributed by atoms with Crippen LogP contribution in [-0.4, -0.2) is 101 Å². The number of benzene rings is 2. The van der Waals surface area contributed by atoms with Crippen molar-refractivity contribution in [3.63, 3.8) is 0 Å². The molecule has 53 heavy (non-hydrogen) atoms. The average molecular weight is 758 g/mol. The van der Waals surface area contributed by atoms with Crippen molar-refractivity contribution in [3.8, 4) is 0 Å². The zero-order valence-electron chi connectivity index (χ0n) is 33.1. The summed E-state index contributed by atoms with van der Waals surface area (Å²) in [6.45, 7) is 8.29. The summed E-state index contributed by atoms with van der Waals surface area (Å²) in [4.78, 5) is 33.7. The Balaban J connectivity index is 1.34. The van der Waals surface area contributed by atoms with Gasteiger partial charge in [-0.1, -0.05) is 95.3 Å². The lowest BCUT2D eigenvalue weighted by Gasteiger charge is -2.24. The number of hydrogen-bond acceptors (Lipinski definition) is 7. The maximum atomic E-state index is 12.8. The lowest BCUT2D eigenvalue weighted by atomic mass is 9.99. The minimum absolute atomic E-state index is 0.0816. The van der Waals surface area contributed by atoms with E-state index in [4.69, 9.17) is 0 Å². The van der Waals surface area contributed by atoms with Gasteiger partial charge in [0.2, 0.25) is 11.8 Å². The average Bonchev–Trinajstić information content (AvgIpc) is 3.16. The summed E-state index contributed by atoms with van der Waals surface area (Å²) in [5.41, 5.74) is 7.14. The number of nitrogens with one attached hydrogen (secondary N) is 1. The molecule has 0 radical (unpaired) electrons. The van der Waals surface area contributed by atoms with Gasteiger partial charge in [0, 0.05) is 84.4 Å². The molecule has 1 N–H and O–H groups in total. The standard InChI is InChI=1S/C43H61N6O2S2/c1-9-37(35(2)32-44-3)22-23-39-17-11-13-19-41(39)47(6)27-15-29-49(8)43(51)34-53-52-33-42(50)48(7)28-14-26-46(5)40-18-12-10-16-38(40)21-20-36-24-30-45(4)31-25-36/h9-13,16-25,30-31,35,44H,14-15,26-29,32-34H2,1-8H3/q+1. The molecule has 1 unspecified atom stereocenters. The van der Waals surface area contributed by atoms with Gasteiger partial charge in [-0.25, -0.2) is 4.57 Å². The van der Waals surface area contributed by atoms with Gasteiger partial charge in [0.05, 0.1) is 11.5 Å². The Hall–Kier alpha value is -3.99. The predicted molar refractivity (Wildman–Crippen MR) is 231 cm³/mol. The van der Waals surface area contributed by atoms with E-state index in [2.05, 4.69) is 134 Å². The van der Waals surface area contributed by atoms with E-state index < -0.39 is 0 Å². The number of aryl methyl sites for hydroxylation is 1. The highest BCUT2D eigenvalue weighted by Gasteiger charge is 2.14. The summed E-state index contributed by atoms with van der Waals surface area (Å²) in [5.74, 6) is 1.30. The topological polar surface area (TPSA) is 63.0 Å². The van der Waals surface area contributed by atoms with E-state index in [1.807, 2.05) is 45.2 Å². The lowest BCUT2D eigenvalue weighted by molar-refractivity contribution is -0.671. The van der Waals surface area contributed by atoms with Gasteiger partial charge in [-0.05, 0) is 67.1 Å². The minimum Gasteiger partial charge on any atom is -0.374 e. The third-order valence-corrected chi connectivity index (χ3v) is 11.4. The Morgan fingerprint density at radius 1 is 0.736 bits per heavy atom. The molecule has 0 aliphatic carbocycles. The molecule has 8 nitrogen and oxygen atoms in total. The highest BCUT2D eigenvalue weighted by Crippen LogP contribution is 2.25. The number of allylic oxidation sites excluding steroid dienone is 2. The maximum absolute atomic E-state index is 12.8. The van der Waals surface area contributed by atoms with E-state index in [9.17, 15) is 9.59 Å². The molecule has 0 aliphatic heterocycles. The normalized spacial score (nSPS) is 12.3. The van der Waals surface area contributed by atoms with Crippen molar-refractivity contribution in [2.24, 2.45) is 13.0 Å². The van der Waals surface area contributed by atoms with Gasteiger partial charge in [0.1, 0.15) is 7.05 Å². The molecule has 2 aromatic carbocycles. The van der Waals surface area contributed by atoms with Crippen LogP contribution in [-0.2, 0) is 16.6 Å². The first kappa shape index (κ1) is 43.4. The van der Waals surface area contributed by atoms with Crippen molar-refractivity contribution in [1.82, 2.24) is 15.1 Å². The van der Waals surface area contributed by atoms with Gasteiger partial charge in [0.25, 0.3) is 0 Å². The number of anilines is 2. The summed E-state index contributed by atoms with van der Waals surface area (Å²) in [6.07, 6.45) is 16.7. The van der Waals surface area contributed by atoms with Crippen molar-refractivity contribution in [2.45, 2.75) is 26.7 Å². The van der Waals surface area contributed by atoms with Crippen molar-refractivity contribution < 1.29 is 14.2 Å². The van der Waals surface area contributed by atoms with E-state index in [0.717, 1.165) is 49.3 Å². The Morgan fingerprint density at radius 2 is 1.23 bits per heavy atom. The summed E-state index contributed by atoms with van der Waals surface area (Å²) in [7, 11) is 14.8. The SMILES string of the molecule is CC=C(C=Cc1ccccc1N(C)CCCN(C)C(=O)CSSCC(=O)N(C)CCCN(C)c1ccccc1C=Cc1cc[n+](C)cc1)C(C)CNC. The van der Waals surface area contributed by atoms with E-state index >= 15 is 0 Å². The summed E-state index contributed by atoms with van der Waals surface area (Å²) in [5, 5.41) is 3.26. The Morgan fingerprint density at radius 3 is 1.72 bits per heavy atom. The fourth-order valence-corrected chi connectivity index (χ4v) is 7.82. The fourth-order valence-electron chi connectivity index (χ4n) is 5.90. The smallest absolute Gasteiger partial charge is 0.233 e. The second kappa shape index (κ2) is 23.6. The number of para-hydroxylation sites is 2. The van der Waals surface area contributed by atoms with Crippen LogP contribution in [0.15, 0.2) is 90.8 Å². The van der Waals surface area contributed by atoms with Gasteiger partial charge in [0.15, 0.2) is 12.4 Å². The zero-order valence-corrected chi connectivity index (χ0v) is 34.8. The number of aromatic nitrogens is 1. The van der Waals surface area contributed by atoms with E-state index in [1.54, 1.807) is 9.80 Å². The molecule has 0 bridgehead atoms. The van der Waals surface area contributed by atoms with E-state index in [-0.39, 0.29) is 11.8 Å². The van der Waals surface area contributed by atoms with Gasteiger partial charge in [-0.2, -0.15) is 0 Å². The van der Waals surface area contributed by atoms with E-state index in [1.165, 1.54) is 38.4 Å². The van der Waals surface area contributed by atoms with Crippen LogP contribution in [0.4, 0.5) is 11.4 Å². The third-order valence-electron chi connectivity index (χ3n) is 9.30. The van der Waals surface area contributed by atoms with Crippen LogP contribution >= 0.6 is 21.6 Å². The first-order valence-electron chi connectivity index (χ1n) is 18.5. The summed E-state index contributed by atoms with van der Waals surface area (Å²) in [6, 6.07) is 21.0. The van der Waals surface area contributed by atoms with Crippen molar-refractivity contribution >= 4 is 63.0 Å². The monoisotopic (exact) mass is 757 g/mol. The molecule has 1 atom stereocenters. The molecule has 2 amide bonds. The molecule has 0 saturated carbocycles. The quantitative estimate of drug-likeness (QED) is 0.0506. The van der Waals surface area contributed by atoms with Crippen LogP contribution in [0.5, 0.6) is 0 Å². The zero-order chi connectivity index (χ0) is 38.6. The summed E-state index contributed by atoms with van der Waals surface area (Å²) < 4.78 is 2.02. The number of nitrogens with zero attached hydrogens (tertiary/aromatic N) is 5. The number of amides is 2. The Kier molecular flexibility index (Phi) is 19.4. The third kappa shape index (κ3) is 15.1. The molecule has 0 aliphatic rings. The van der Waals surface area contributed by atoms with E-state index in [0.29, 0.717) is 30.5 Å². The number of rotatable bonds is 22. The predicted octanol–water partition coefficient (Wildman–Crippen LogP) is 7.15. The van der Waals surface area contributed by atoms with Crippen LogP contribution in [0.25, 0.3) is 18.2 Å². The highest BCUT2D eigenvalue weighted by molar-refractivity contribution is 8.77. The fraction of sp³-hybridized carbons (Fsp3) is 0.419. The van der Waals surface area contributed by atoms with Gasteiger partial charge in [-0.3, -0.25) is 9.59 Å². The maximum Gasteiger partial charge on any atom is 0.233 e. The molecule has 1 aromatic heterocycles. The summed E-state index contributed by atoms with van der Waals surface area (Å²) >= 11 is 0. The molecule has 10 heteroatoms. The highest BCUT2D eigenvalue weighted by atomic mass is 33.1. The second-order valence-corrected chi connectivity index (χ2v) is 16.0. The van der Waals surface area contributed by atoms with Crippen LogP contribution < -0.4 is 19.7 Å². The molecule has 1 heterocycles.